The normalized spacial score (nSPS) is 18.3. The molecule has 0 amide bonds. The zero-order chi connectivity index (χ0) is 17.8. The first-order chi connectivity index (χ1) is 12.8. The van der Waals surface area contributed by atoms with Crippen LogP contribution < -0.4 is 14.5 Å². The van der Waals surface area contributed by atoms with E-state index in [1.807, 2.05) is 24.5 Å². The number of hydrogen-bond acceptors (Lipinski definition) is 7. The van der Waals surface area contributed by atoms with Gasteiger partial charge < -0.3 is 14.5 Å². The molecule has 0 aromatic carbocycles. The number of methoxy groups -OCH3 is 1. The average Bonchev–Trinajstić information content (AvgIpc) is 3.24. The van der Waals surface area contributed by atoms with Gasteiger partial charge in [0.2, 0.25) is 11.8 Å². The minimum Gasteiger partial charge on any atom is -0.481 e. The van der Waals surface area contributed by atoms with Crippen molar-refractivity contribution >= 4 is 11.8 Å². The Kier molecular flexibility index (Phi) is 5.15. The second-order valence-corrected chi connectivity index (χ2v) is 6.88. The Hall–Kier alpha value is -2.41. The molecule has 0 saturated carbocycles. The van der Waals surface area contributed by atoms with Crippen molar-refractivity contribution in [1.29, 1.82) is 0 Å². The van der Waals surface area contributed by atoms with Gasteiger partial charge in [-0.1, -0.05) is 6.07 Å². The van der Waals surface area contributed by atoms with Gasteiger partial charge in [-0.2, -0.15) is 4.98 Å². The first-order valence-corrected chi connectivity index (χ1v) is 9.36. The standard InChI is InChI=1S/C19H26N6O/c1-26-18-5-4-16(14-21-18)15-23-10-12-24(13-11-23)17-6-7-20-19(22-17)25-8-2-3-9-25/h4-7,14H,2-3,8-13,15H2,1H3. The van der Waals surface area contributed by atoms with Gasteiger partial charge in [-0.3, -0.25) is 4.90 Å². The van der Waals surface area contributed by atoms with Gasteiger partial charge in [0, 0.05) is 64.3 Å². The summed E-state index contributed by atoms with van der Waals surface area (Å²) in [5.41, 5.74) is 1.22. The highest BCUT2D eigenvalue weighted by molar-refractivity contribution is 5.44. The molecule has 0 atom stereocenters. The van der Waals surface area contributed by atoms with Crippen LogP contribution in [0.4, 0.5) is 11.8 Å². The van der Waals surface area contributed by atoms with E-state index in [1.54, 1.807) is 7.11 Å². The molecule has 2 aromatic rings. The van der Waals surface area contributed by atoms with Crippen molar-refractivity contribution in [3.63, 3.8) is 0 Å². The Balaban J connectivity index is 1.33. The van der Waals surface area contributed by atoms with Gasteiger partial charge in [0.25, 0.3) is 0 Å². The van der Waals surface area contributed by atoms with E-state index in [0.29, 0.717) is 5.88 Å². The monoisotopic (exact) mass is 354 g/mol. The molecular weight excluding hydrogens is 328 g/mol. The van der Waals surface area contributed by atoms with E-state index >= 15 is 0 Å². The topological polar surface area (TPSA) is 57.6 Å². The number of pyridine rings is 1. The molecule has 4 rings (SSSR count). The summed E-state index contributed by atoms with van der Waals surface area (Å²) in [7, 11) is 1.64. The highest BCUT2D eigenvalue weighted by atomic mass is 16.5. The summed E-state index contributed by atoms with van der Waals surface area (Å²) >= 11 is 0. The molecular formula is C19H26N6O. The van der Waals surface area contributed by atoms with Crippen LogP contribution in [0.1, 0.15) is 18.4 Å². The van der Waals surface area contributed by atoms with Gasteiger partial charge in [-0.05, 0) is 24.5 Å². The van der Waals surface area contributed by atoms with Crippen molar-refractivity contribution < 1.29 is 4.74 Å². The molecule has 26 heavy (non-hydrogen) atoms. The van der Waals surface area contributed by atoms with Crippen LogP contribution >= 0.6 is 0 Å². The Morgan fingerprint density at radius 3 is 2.42 bits per heavy atom. The Morgan fingerprint density at radius 2 is 1.73 bits per heavy atom. The zero-order valence-corrected chi connectivity index (χ0v) is 15.3. The molecule has 4 heterocycles. The number of nitrogens with zero attached hydrogens (tertiary/aromatic N) is 6. The molecule has 0 unspecified atom stereocenters. The van der Waals surface area contributed by atoms with Crippen molar-refractivity contribution in [2.75, 3.05) is 56.2 Å². The lowest BCUT2D eigenvalue weighted by Crippen LogP contribution is -2.46. The third-order valence-corrected chi connectivity index (χ3v) is 5.13. The molecule has 2 aliphatic heterocycles. The van der Waals surface area contributed by atoms with Gasteiger partial charge in [0.05, 0.1) is 7.11 Å². The molecule has 0 spiro atoms. The Morgan fingerprint density at radius 1 is 0.923 bits per heavy atom. The van der Waals surface area contributed by atoms with Gasteiger partial charge in [0.1, 0.15) is 5.82 Å². The molecule has 2 fully saturated rings. The lowest BCUT2D eigenvalue weighted by atomic mass is 10.2. The van der Waals surface area contributed by atoms with E-state index in [2.05, 4.69) is 30.7 Å². The third kappa shape index (κ3) is 3.88. The SMILES string of the molecule is COc1ccc(CN2CCN(c3ccnc(N4CCCC4)n3)CC2)cn1. The van der Waals surface area contributed by atoms with Crippen molar-refractivity contribution in [2.24, 2.45) is 0 Å². The van der Waals surface area contributed by atoms with Crippen LogP contribution in [0.25, 0.3) is 0 Å². The molecule has 7 nitrogen and oxygen atoms in total. The molecule has 138 valence electrons. The first kappa shape index (κ1) is 17.0. The summed E-state index contributed by atoms with van der Waals surface area (Å²) in [6.45, 7) is 7.10. The maximum Gasteiger partial charge on any atom is 0.227 e. The summed E-state index contributed by atoms with van der Waals surface area (Å²) < 4.78 is 5.12. The number of ether oxygens (including phenoxy) is 1. The van der Waals surface area contributed by atoms with Gasteiger partial charge >= 0.3 is 0 Å². The van der Waals surface area contributed by atoms with E-state index in [0.717, 1.165) is 57.6 Å². The largest absolute Gasteiger partial charge is 0.481 e. The van der Waals surface area contributed by atoms with Crippen LogP contribution in [0.5, 0.6) is 5.88 Å². The average molecular weight is 354 g/mol. The second kappa shape index (κ2) is 7.86. The fraction of sp³-hybridized carbons (Fsp3) is 0.526. The van der Waals surface area contributed by atoms with Gasteiger partial charge in [-0.25, -0.2) is 9.97 Å². The van der Waals surface area contributed by atoms with Crippen LogP contribution in [0.15, 0.2) is 30.6 Å². The first-order valence-electron chi connectivity index (χ1n) is 9.36. The summed E-state index contributed by atoms with van der Waals surface area (Å²) in [6.07, 6.45) is 6.28. The summed E-state index contributed by atoms with van der Waals surface area (Å²) in [5.74, 6) is 2.59. The fourth-order valence-corrected chi connectivity index (χ4v) is 3.60. The van der Waals surface area contributed by atoms with E-state index in [-0.39, 0.29) is 0 Å². The number of piperazine rings is 1. The van der Waals surface area contributed by atoms with Crippen LogP contribution in [0.3, 0.4) is 0 Å². The number of hydrogen-bond donors (Lipinski definition) is 0. The maximum atomic E-state index is 5.12. The predicted octanol–water partition coefficient (Wildman–Crippen LogP) is 1.80. The highest BCUT2D eigenvalue weighted by Crippen LogP contribution is 2.20. The number of rotatable bonds is 5. The molecule has 2 aliphatic rings. The Labute approximate surface area is 154 Å². The van der Waals surface area contributed by atoms with E-state index in [4.69, 9.17) is 9.72 Å². The minimum atomic E-state index is 0.663. The lowest BCUT2D eigenvalue weighted by molar-refractivity contribution is 0.249. The molecule has 0 N–H and O–H groups in total. The maximum absolute atomic E-state index is 5.12. The summed E-state index contributed by atoms with van der Waals surface area (Å²) in [6, 6.07) is 6.04. The highest BCUT2D eigenvalue weighted by Gasteiger charge is 2.20. The molecule has 7 heteroatoms. The van der Waals surface area contributed by atoms with Crippen LogP contribution in [0.2, 0.25) is 0 Å². The number of aromatic nitrogens is 3. The smallest absolute Gasteiger partial charge is 0.227 e. The fourth-order valence-electron chi connectivity index (χ4n) is 3.60. The molecule has 2 aromatic heterocycles. The molecule has 0 radical (unpaired) electrons. The number of anilines is 2. The molecule has 0 aliphatic carbocycles. The van der Waals surface area contributed by atoms with Gasteiger partial charge in [0.15, 0.2) is 0 Å². The van der Waals surface area contributed by atoms with E-state index in [9.17, 15) is 0 Å². The predicted molar refractivity (Wildman–Crippen MR) is 102 cm³/mol. The quantitative estimate of drug-likeness (QED) is 0.811. The van der Waals surface area contributed by atoms with Crippen molar-refractivity contribution in [1.82, 2.24) is 19.9 Å². The van der Waals surface area contributed by atoms with E-state index < -0.39 is 0 Å². The van der Waals surface area contributed by atoms with Crippen LogP contribution in [-0.2, 0) is 6.54 Å². The van der Waals surface area contributed by atoms with Crippen molar-refractivity contribution in [2.45, 2.75) is 19.4 Å². The Bertz CT molecular complexity index is 708. The molecule has 2 saturated heterocycles. The second-order valence-electron chi connectivity index (χ2n) is 6.88. The van der Waals surface area contributed by atoms with Crippen LogP contribution in [-0.4, -0.2) is 66.2 Å². The van der Waals surface area contributed by atoms with Crippen molar-refractivity contribution in [3.05, 3.63) is 36.2 Å². The molecule has 0 bridgehead atoms. The third-order valence-electron chi connectivity index (χ3n) is 5.13. The lowest BCUT2D eigenvalue weighted by Gasteiger charge is -2.35. The van der Waals surface area contributed by atoms with Crippen LogP contribution in [0, 0.1) is 0 Å². The van der Waals surface area contributed by atoms with E-state index in [1.165, 1.54) is 18.4 Å². The zero-order valence-electron chi connectivity index (χ0n) is 15.3. The van der Waals surface area contributed by atoms with Gasteiger partial charge in [-0.15, -0.1) is 0 Å². The van der Waals surface area contributed by atoms with Crippen molar-refractivity contribution in [3.8, 4) is 5.88 Å². The summed E-state index contributed by atoms with van der Waals surface area (Å²) in [5, 5.41) is 0. The summed E-state index contributed by atoms with van der Waals surface area (Å²) in [4.78, 5) is 20.7. The minimum absolute atomic E-state index is 0.663.